The second-order valence-electron chi connectivity index (χ2n) is 10.4. The van der Waals surface area contributed by atoms with E-state index in [-0.39, 0.29) is 54.4 Å². The van der Waals surface area contributed by atoms with Crippen LogP contribution in [0, 0.1) is 6.92 Å². The smallest absolute Gasteiger partial charge is 0.308 e. The van der Waals surface area contributed by atoms with Gasteiger partial charge in [-0.15, -0.1) is 0 Å². The zero-order chi connectivity index (χ0) is 31.0. The fourth-order valence-corrected chi connectivity index (χ4v) is 7.69. The van der Waals surface area contributed by atoms with Gasteiger partial charge < -0.3 is 5.32 Å². The average Bonchev–Trinajstić information content (AvgIpc) is 3.27. The molecule has 1 aromatic heterocycles. The maximum absolute atomic E-state index is 13.2. The number of aliphatic imine (C=N–C) groups is 1. The molecule has 10 nitrogen and oxygen atoms in total. The summed E-state index contributed by atoms with van der Waals surface area (Å²) < 4.78 is 95.0. The summed E-state index contributed by atoms with van der Waals surface area (Å²) in [6.45, 7) is 1.74. The fourth-order valence-electron chi connectivity index (χ4n) is 5.09. The molecule has 3 aromatic rings. The predicted octanol–water partition coefficient (Wildman–Crippen LogP) is 3.49. The standard InChI is InChI=1S/C28H28F3N5O5S2/c1-19-16-24(43(40,41)35-23-6-3-12-32-18-23)8-7-20(19)9-15-42(38,39)36-13-10-27(11-14-36)26(37)33-25(34-27)21-4-2-5-22(17-21)28(29,30)31/h2-8,12,16-18,35H,9-11,13-15H2,1H3,(H,33,34,37). The first-order valence-electron chi connectivity index (χ1n) is 13.3. The molecule has 1 fully saturated rings. The van der Waals surface area contributed by atoms with Gasteiger partial charge in [-0.05, 0) is 73.7 Å². The zero-order valence-corrected chi connectivity index (χ0v) is 24.6. The highest BCUT2D eigenvalue weighted by atomic mass is 32.2. The van der Waals surface area contributed by atoms with Crippen molar-refractivity contribution in [3.63, 3.8) is 0 Å². The lowest BCUT2D eigenvalue weighted by atomic mass is 9.89. The highest BCUT2D eigenvalue weighted by Crippen LogP contribution is 2.34. The number of alkyl halides is 3. The van der Waals surface area contributed by atoms with Crippen LogP contribution >= 0.6 is 0 Å². The van der Waals surface area contributed by atoms with E-state index in [1.54, 1.807) is 25.1 Å². The van der Waals surface area contributed by atoms with E-state index < -0.39 is 43.2 Å². The summed E-state index contributed by atoms with van der Waals surface area (Å²) in [5.41, 5.74) is -0.402. The average molecular weight is 636 g/mol. The summed E-state index contributed by atoms with van der Waals surface area (Å²) in [7, 11) is -7.61. The van der Waals surface area contributed by atoms with Gasteiger partial charge in [0.1, 0.15) is 11.4 Å². The van der Waals surface area contributed by atoms with Gasteiger partial charge in [-0.1, -0.05) is 18.2 Å². The highest BCUT2D eigenvalue weighted by molar-refractivity contribution is 7.92. The molecule has 0 radical (unpaired) electrons. The van der Waals surface area contributed by atoms with Gasteiger partial charge in [0.05, 0.1) is 28.1 Å². The van der Waals surface area contributed by atoms with Crippen molar-refractivity contribution < 1.29 is 34.8 Å². The largest absolute Gasteiger partial charge is 0.416 e. The minimum absolute atomic E-state index is 0.0191. The third-order valence-electron chi connectivity index (χ3n) is 7.55. The summed E-state index contributed by atoms with van der Waals surface area (Å²) in [6.07, 6.45) is -1.34. The number of amidine groups is 1. The van der Waals surface area contributed by atoms with Gasteiger partial charge in [-0.25, -0.2) is 21.1 Å². The molecule has 0 unspecified atom stereocenters. The maximum atomic E-state index is 13.2. The molecule has 43 heavy (non-hydrogen) atoms. The Morgan fingerprint density at radius 3 is 2.42 bits per heavy atom. The van der Waals surface area contributed by atoms with Crippen molar-refractivity contribution in [2.24, 2.45) is 4.99 Å². The lowest BCUT2D eigenvalue weighted by Gasteiger charge is -2.34. The summed E-state index contributed by atoms with van der Waals surface area (Å²) in [6, 6.07) is 12.1. The number of pyridine rings is 1. The van der Waals surface area contributed by atoms with E-state index in [0.717, 1.165) is 12.1 Å². The number of carbonyl (C=O) groups excluding carboxylic acids is 1. The lowest BCUT2D eigenvalue weighted by Crippen LogP contribution is -2.50. The number of aromatic nitrogens is 1. The van der Waals surface area contributed by atoms with E-state index in [2.05, 4.69) is 20.0 Å². The van der Waals surface area contributed by atoms with E-state index >= 15 is 0 Å². The van der Waals surface area contributed by atoms with E-state index in [0.29, 0.717) is 16.8 Å². The summed E-state index contributed by atoms with van der Waals surface area (Å²) in [4.78, 5) is 21.2. The topological polar surface area (TPSA) is 138 Å². The molecule has 1 saturated heterocycles. The number of carbonyl (C=O) groups is 1. The minimum Gasteiger partial charge on any atom is -0.308 e. The van der Waals surface area contributed by atoms with Crippen molar-refractivity contribution in [1.82, 2.24) is 14.6 Å². The number of halogens is 3. The third kappa shape index (κ3) is 6.58. The monoisotopic (exact) mass is 635 g/mol. The van der Waals surface area contributed by atoms with Crippen LogP contribution in [0.2, 0.25) is 0 Å². The Hall–Kier alpha value is -3.82. The van der Waals surface area contributed by atoms with Crippen molar-refractivity contribution in [3.8, 4) is 0 Å². The first-order valence-corrected chi connectivity index (χ1v) is 16.4. The van der Waals surface area contributed by atoms with Crippen molar-refractivity contribution in [3.05, 3.63) is 89.2 Å². The third-order valence-corrected chi connectivity index (χ3v) is 10.8. The molecule has 0 bridgehead atoms. The molecule has 2 aliphatic rings. The van der Waals surface area contributed by atoms with Gasteiger partial charge >= 0.3 is 6.18 Å². The molecule has 3 heterocycles. The summed E-state index contributed by atoms with van der Waals surface area (Å²) >= 11 is 0. The van der Waals surface area contributed by atoms with E-state index in [1.807, 2.05) is 0 Å². The van der Waals surface area contributed by atoms with Crippen LogP contribution < -0.4 is 10.0 Å². The van der Waals surface area contributed by atoms with Crippen LogP contribution in [0.15, 0.2) is 76.9 Å². The van der Waals surface area contributed by atoms with Gasteiger partial charge in [0, 0.05) is 24.8 Å². The SMILES string of the molecule is Cc1cc(S(=O)(=O)Nc2cccnc2)ccc1CCS(=O)(=O)N1CCC2(CC1)N=C(c1cccc(C(F)(F)F)c1)NC2=O. The predicted molar refractivity (Wildman–Crippen MR) is 153 cm³/mol. The molecule has 0 atom stereocenters. The molecule has 15 heteroatoms. The van der Waals surface area contributed by atoms with Crippen LogP contribution in [0.4, 0.5) is 18.9 Å². The molecule has 0 aliphatic carbocycles. The van der Waals surface area contributed by atoms with Crippen molar-refractivity contribution in [2.75, 3.05) is 23.6 Å². The molecular formula is C28H28F3N5O5S2. The van der Waals surface area contributed by atoms with Crippen molar-refractivity contribution in [2.45, 2.75) is 42.8 Å². The Labute approximate surface area is 247 Å². The van der Waals surface area contributed by atoms with Crippen LogP contribution in [0.3, 0.4) is 0 Å². The Morgan fingerprint density at radius 1 is 1.02 bits per heavy atom. The molecule has 5 rings (SSSR count). The quantitative estimate of drug-likeness (QED) is 0.389. The second kappa shape index (κ2) is 11.4. The summed E-state index contributed by atoms with van der Waals surface area (Å²) in [5, 5.41) is 2.57. The van der Waals surface area contributed by atoms with Gasteiger partial charge in [0.15, 0.2) is 0 Å². The number of hydrogen-bond donors (Lipinski definition) is 2. The molecule has 228 valence electrons. The Balaban J connectivity index is 1.22. The maximum Gasteiger partial charge on any atom is 0.416 e. The number of aryl methyl sites for hydroxylation is 2. The first-order chi connectivity index (χ1) is 20.2. The number of hydrogen-bond acceptors (Lipinski definition) is 7. The van der Waals surface area contributed by atoms with E-state index in [1.165, 1.54) is 41.0 Å². The van der Waals surface area contributed by atoms with Crippen LogP contribution in [0.1, 0.15) is 35.1 Å². The van der Waals surface area contributed by atoms with Gasteiger partial charge in [0.2, 0.25) is 10.0 Å². The number of anilines is 1. The minimum atomic E-state index is -4.55. The molecule has 1 spiro atoms. The van der Waals surface area contributed by atoms with E-state index in [9.17, 15) is 34.8 Å². The van der Waals surface area contributed by atoms with Crippen molar-refractivity contribution in [1.29, 1.82) is 0 Å². The van der Waals surface area contributed by atoms with Gasteiger partial charge in [-0.3, -0.25) is 19.5 Å². The zero-order valence-electron chi connectivity index (χ0n) is 22.9. The first kappa shape index (κ1) is 30.6. The molecule has 0 saturated carbocycles. The number of nitrogens with one attached hydrogen (secondary N) is 2. The normalized spacial score (nSPS) is 17.5. The number of amides is 1. The van der Waals surface area contributed by atoms with Crippen LogP contribution in [-0.2, 0) is 37.4 Å². The molecule has 2 aromatic carbocycles. The van der Waals surface area contributed by atoms with Crippen LogP contribution in [-0.4, -0.2) is 62.2 Å². The fraction of sp³-hybridized carbons (Fsp3) is 0.321. The van der Waals surface area contributed by atoms with Crippen LogP contribution in [0.5, 0.6) is 0 Å². The number of rotatable bonds is 8. The number of benzene rings is 2. The molecule has 2 aliphatic heterocycles. The Bertz CT molecular complexity index is 1790. The van der Waals surface area contributed by atoms with Crippen LogP contribution in [0.25, 0.3) is 0 Å². The molecular weight excluding hydrogens is 607 g/mol. The Kier molecular flexibility index (Phi) is 8.09. The van der Waals surface area contributed by atoms with Crippen molar-refractivity contribution >= 4 is 37.5 Å². The van der Waals surface area contributed by atoms with Gasteiger partial charge in [0.25, 0.3) is 15.9 Å². The number of nitrogens with zero attached hydrogens (tertiary/aromatic N) is 3. The molecule has 2 N–H and O–H groups in total. The molecule has 1 amide bonds. The number of piperidine rings is 1. The summed E-state index contributed by atoms with van der Waals surface area (Å²) in [5.74, 6) is -0.671. The number of sulfonamides is 2. The highest BCUT2D eigenvalue weighted by Gasteiger charge is 2.47. The second-order valence-corrected chi connectivity index (χ2v) is 14.2. The lowest BCUT2D eigenvalue weighted by molar-refractivity contribution is -0.137. The van der Waals surface area contributed by atoms with E-state index in [4.69, 9.17) is 0 Å². The Morgan fingerprint density at radius 2 is 1.77 bits per heavy atom. The van der Waals surface area contributed by atoms with Gasteiger partial charge in [-0.2, -0.15) is 13.2 Å².